The number of aromatic nitrogens is 3. The number of carbonyl (C=O) groups excluding carboxylic acids is 2. The van der Waals surface area contributed by atoms with Crippen LogP contribution in [0.4, 0.5) is 16.6 Å². The van der Waals surface area contributed by atoms with Gasteiger partial charge in [0, 0.05) is 31.3 Å². The summed E-state index contributed by atoms with van der Waals surface area (Å²) in [7, 11) is -0.535. The molecule has 1 N–H and O–H groups in total. The van der Waals surface area contributed by atoms with Crippen molar-refractivity contribution < 1.29 is 14.3 Å². The normalized spacial score (nSPS) is 14.4. The average molecular weight is 635 g/mol. The number of amides is 2. The third-order valence-corrected chi connectivity index (χ3v) is 15.3. The number of anilines is 2. The molecular weight excluding hydrogens is 581 g/mol. The quantitative estimate of drug-likeness (QED) is 0.237. The lowest BCUT2D eigenvalue weighted by Gasteiger charge is -2.38. The van der Waals surface area contributed by atoms with Crippen LogP contribution in [0.25, 0.3) is 11.1 Å². The van der Waals surface area contributed by atoms with Gasteiger partial charge in [0.25, 0.3) is 0 Å². The Morgan fingerprint density at radius 3 is 1.96 bits per heavy atom. The number of likely N-dealkylation sites (N-methyl/N-ethyl adjacent to an activating group) is 1. The maximum Gasteiger partial charge on any atom is 0.410 e. The lowest BCUT2D eigenvalue weighted by atomic mass is 10.0. The highest BCUT2D eigenvalue weighted by molar-refractivity contribution is 6.90. The predicted octanol–water partition coefficient (Wildman–Crippen LogP) is 7.52. The number of nitrogens with one attached hydrogen (secondary N) is 1. The van der Waals surface area contributed by atoms with Crippen LogP contribution in [0.3, 0.4) is 0 Å². The van der Waals surface area contributed by atoms with Gasteiger partial charge in [-0.15, -0.1) is 5.54 Å². The molecule has 1 unspecified atom stereocenters. The fourth-order valence-electron chi connectivity index (χ4n) is 6.47. The van der Waals surface area contributed by atoms with Crippen LogP contribution in [0, 0.1) is 25.3 Å². The molecule has 246 valence electrons. The van der Waals surface area contributed by atoms with E-state index in [2.05, 4.69) is 63.2 Å². The van der Waals surface area contributed by atoms with Crippen molar-refractivity contribution in [3.63, 3.8) is 0 Å². The van der Waals surface area contributed by atoms with E-state index < -0.39 is 25.8 Å². The number of nitrogens with zero attached hydrogens (tertiary/aromatic N) is 5. The monoisotopic (exact) mass is 634 g/mol. The van der Waals surface area contributed by atoms with Gasteiger partial charge in [0.05, 0.1) is 11.4 Å². The summed E-state index contributed by atoms with van der Waals surface area (Å²) in [5, 5.41) is 2.91. The third kappa shape index (κ3) is 8.23. The topological polar surface area (TPSA) is 101 Å². The molecular formula is C35H54N6O3Si. The summed E-state index contributed by atoms with van der Waals surface area (Å²) in [6, 6.07) is 2.95. The van der Waals surface area contributed by atoms with Gasteiger partial charge in [0.2, 0.25) is 11.9 Å². The Hall–Kier alpha value is -3.45. The molecule has 3 heterocycles. The van der Waals surface area contributed by atoms with E-state index in [1.807, 2.05) is 19.9 Å². The molecule has 0 radical (unpaired) electrons. The molecule has 2 aromatic heterocycles. The van der Waals surface area contributed by atoms with Crippen molar-refractivity contribution in [1.29, 1.82) is 0 Å². The van der Waals surface area contributed by atoms with E-state index in [0.717, 1.165) is 54.4 Å². The summed E-state index contributed by atoms with van der Waals surface area (Å²) < 4.78 is 5.45. The molecule has 0 aromatic carbocycles. The van der Waals surface area contributed by atoms with Gasteiger partial charge in [-0.3, -0.25) is 9.69 Å². The van der Waals surface area contributed by atoms with Crippen LogP contribution in [-0.2, 0) is 9.53 Å². The van der Waals surface area contributed by atoms with Crippen molar-refractivity contribution in [2.75, 3.05) is 30.4 Å². The van der Waals surface area contributed by atoms with Gasteiger partial charge >= 0.3 is 6.09 Å². The van der Waals surface area contributed by atoms with Crippen molar-refractivity contribution in [2.24, 2.45) is 0 Å². The summed E-state index contributed by atoms with van der Waals surface area (Å²) in [5.74, 6) is 4.29. The second-order valence-corrected chi connectivity index (χ2v) is 19.8. The Kier molecular flexibility index (Phi) is 11.5. The van der Waals surface area contributed by atoms with Gasteiger partial charge in [-0.1, -0.05) is 47.5 Å². The lowest BCUT2D eigenvalue weighted by molar-refractivity contribution is -0.120. The van der Waals surface area contributed by atoms with Crippen LogP contribution < -0.4 is 10.2 Å². The smallest absolute Gasteiger partial charge is 0.410 e. The van der Waals surface area contributed by atoms with E-state index >= 15 is 0 Å². The summed E-state index contributed by atoms with van der Waals surface area (Å²) in [6.45, 7) is 26.7. The maximum absolute atomic E-state index is 13.3. The number of pyridine rings is 1. The highest BCUT2D eigenvalue weighted by atomic mass is 28.3. The lowest BCUT2D eigenvalue weighted by Crippen LogP contribution is -2.45. The molecule has 0 saturated carbocycles. The molecule has 1 atom stereocenters. The minimum Gasteiger partial charge on any atom is -0.444 e. The van der Waals surface area contributed by atoms with Gasteiger partial charge in [-0.2, -0.15) is 0 Å². The Labute approximate surface area is 272 Å². The van der Waals surface area contributed by atoms with Crippen molar-refractivity contribution in [1.82, 2.24) is 19.9 Å². The predicted molar refractivity (Wildman–Crippen MR) is 186 cm³/mol. The van der Waals surface area contributed by atoms with Crippen LogP contribution in [0.5, 0.6) is 0 Å². The number of aryl methyl sites for hydroxylation is 2. The number of hydrogen-bond acceptors (Lipinski definition) is 7. The first-order chi connectivity index (χ1) is 20.9. The first-order valence-corrected chi connectivity index (χ1v) is 18.5. The summed E-state index contributed by atoms with van der Waals surface area (Å²) in [4.78, 5) is 44.2. The number of rotatable bonds is 8. The van der Waals surface area contributed by atoms with Crippen LogP contribution in [0.2, 0.25) is 16.6 Å². The van der Waals surface area contributed by atoms with E-state index in [-0.39, 0.29) is 5.91 Å². The SMILES string of the molecule is Cc1nc(N2CCCC2)nc(C)c1-c1ccc(NC(=O)C(C)N(C)C(=O)OC(C)(C)C)nc1C#C[Si](C(C)C)(C(C)C)C(C)C. The second kappa shape index (κ2) is 14.3. The van der Waals surface area contributed by atoms with Crippen molar-refractivity contribution in [2.45, 2.75) is 124 Å². The first kappa shape index (κ1) is 36.0. The number of hydrogen-bond donors (Lipinski definition) is 1. The molecule has 2 amide bonds. The molecule has 1 fully saturated rings. The Balaban J connectivity index is 2.10. The Morgan fingerprint density at radius 1 is 0.933 bits per heavy atom. The fraction of sp³-hybridized carbons (Fsp3) is 0.629. The molecule has 1 aliphatic rings. The summed E-state index contributed by atoms with van der Waals surface area (Å²) in [6.07, 6.45) is 1.74. The molecule has 10 heteroatoms. The van der Waals surface area contributed by atoms with Gasteiger partial charge in [0.15, 0.2) is 0 Å². The molecule has 1 aliphatic heterocycles. The second-order valence-electron chi connectivity index (χ2n) is 14.3. The fourth-order valence-corrected chi connectivity index (χ4v) is 11.7. The van der Waals surface area contributed by atoms with Crippen molar-refractivity contribution in [3.05, 3.63) is 29.2 Å². The average Bonchev–Trinajstić information content (AvgIpc) is 3.47. The molecule has 3 rings (SSSR count). The first-order valence-electron chi connectivity index (χ1n) is 16.3. The van der Waals surface area contributed by atoms with Gasteiger partial charge in [-0.05, 0) is 83.1 Å². The van der Waals surface area contributed by atoms with Crippen LogP contribution in [0.1, 0.15) is 99.2 Å². The Bertz CT molecular complexity index is 1400. The van der Waals surface area contributed by atoms with Crippen molar-refractivity contribution in [3.8, 4) is 22.6 Å². The van der Waals surface area contributed by atoms with E-state index in [9.17, 15) is 9.59 Å². The van der Waals surface area contributed by atoms with E-state index in [0.29, 0.717) is 28.1 Å². The molecule has 9 nitrogen and oxygen atoms in total. The molecule has 0 aliphatic carbocycles. The molecule has 0 bridgehead atoms. The number of ether oxygens (including phenoxy) is 1. The highest BCUT2D eigenvalue weighted by Gasteiger charge is 2.42. The minimum atomic E-state index is -2.09. The van der Waals surface area contributed by atoms with Gasteiger partial charge in [0.1, 0.15) is 31.2 Å². The van der Waals surface area contributed by atoms with Crippen LogP contribution >= 0.6 is 0 Å². The Morgan fingerprint density at radius 2 is 1.47 bits per heavy atom. The summed E-state index contributed by atoms with van der Waals surface area (Å²) in [5.41, 5.74) is 8.59. The number of carbonyl (C=O) groups is 2. The molecule has 2 aromatic rings. The van der Waals surface area contributed by atoms with E-state index in [4.69, 9.17) is 19.7 Å². The third-order valence-electron chi connectivity index (χ3n) is 8.97. The molecule has 45 heavy (non-hydrogen) atoms. The zero-order valence-electron chi connectivity index (χ0n) is 29.8. The molecule has 1 saturated heterocycles. The van der Waals surface area contributed by atoms with Crippen molar-refractivity contribution >= 4 is 31.8 Å². The largest absolute Gasteiger partial charge is 0.444 e. The van der Waals surface area contributed by atoms with Gasteiger partial charge in [-0.25, -0.2) is 19.7 Å². The standard InChI is InChI=1S/C35H54N6O3Si/c1-22(2)45(23(3)4,24(5)6)21-18-29-28(31-25(7)36-33(37-26(31)8)41-19-14-15-20-41)16-17-30(38-29)39-32(42)27(9)40(13)34(43)44-35(10,11)12/h16-17,22-24,27H,14-15,19-20H2,1-13H3,(H,38,39,42). The van der Waals surface area contributed by atoms with Crippen LogP contribution in [-0.4, -0.2) is 71.7 Å². The minimum absolute atomic E-state index is 0.369. The zero-order chi connectivity index (χ0) is 33.9. The summed E-state index contributed by atoms with van der Waals surface area (Å²) >= 11 is 0. The maximum atomic E-state index is 13.3. The van der Waals surface area contributed by atoms with E-state index in [1.54, 1.807) is 40.8 Å². The van der Waals surface area contributed by atoms with Crippen LogP contribution in [0.15, 0.2) is 12.1 Å². The van der Waals surface area contributed by atoms with E-state index in [1.165, 1.54) is 4.90 Å². The van der Waals surface area contributed by atoms with Gasteiger partial charge < -0.3 is 15.0 Å². The highest BCUT2D eigenvalue weighted by Crippen LogP contribution is 2.41. The molecule has 0 spiro atoms. The zero-order valence-corrected chi connectivity index (χ0v) is 30.8.